The molecule has 5 heteroatoms. The van der Waals surface area contributed by atoms with Crippen molar-refractivity contribution >= 4 is 17.7 Å². The Bertz CT molecular complexity index is 739. The Morgan fingerprint density at radius 3 is 2.43 bits per heavy atom. The van der Waals surface area contributed by atoms with Gasteiger partial charge in [0.2, 0.25) is 0 Å². The Kier molecular flexibility index (Phi) is 4.71. The highest BCUT2D eigenvalue weighted by Gasteiger charge is 2.63. The molecule has 0 N–H and O–H groups in total. The Morgan fingerprint density at radius 1 is 1.04 bits per heavy atom. The van der Waals surface area contributed by atoms with Crippen LogP contribution in [0.4, 0.5) is 0 Å². The lowest BCUT2D eigenvalue weighted by molar-refractivity contribution is -0.185. The van der Waals surface area contributed by atoms with Gasteiger partial charge in [0, 0.05) is 31.6 Å². The van der Waals surface area contributed by atoms with Crippen molar-refractivity contribution in [2.75, 3.05) is 0 Å². The molecule has 4 rings (SSSR count). The van der Waals surface area contributed by atoms with E-state index in [1.54, 1.807) is 0 Å². The fraction of sp³-hybridized carbons (Fsp3) is 0.783. The molecule has 5 nitrogen and oxygen atoms in total. The lowest BCUT2D eigenvalue weighted by Crippen LogP contribution is -2.58. The summed E-state index contributed by atoms with van der Waals surface area (Å²) in [6.07, 6.45) is 7.62. The quantitative estimate of drug-likeness (QED) is 0.669. The Balaban J connectivity index is 1.73. The zero-order chi connectivity index (χ0) is 20.3. The van der Waals surface area contributed by atoms with Crippen LogP contribution in [0.2, 0.25) is 0 Å². The number of carbonyl (C=O) groups excluding carboxylic acids is 3. The van der Waals surface area contributed by atoms with E-state index in [1.165, 1.54) is 19.4 Å². The number of fused-ring (bicyclic) bond motifs is 5. The number of ketones is 1. The van der Waals surface area contributed by atoms with E-state index >= 15 is 0 Å². The average molecular weight is 389 g/mol. The van der Waals surface area contributed by atoms with E-state index in [0.717, 1.165) is 38.5 Å². The van der Waals surface area contributed by atoms with E-state index in [4.69, 9.17) is 9.47 Å². The summed E-state index contributed by atoms with van der Waals surface area (Å²) in [4.78, 5) is 35.7. The van der Waals surface area contributed by atoms with Crippen LogP contribution in [0.25, 0.3) is 0 Å². The number of carbonyl (C=O) groups is 3. The van der Waals surface area contributed by atoms with E-state index in [-0.39, 0.29) is 46.7 Å². The number of ether oxygens (including phenoxy) is 2. The third-order valence-electron chi connectivity index (χ3n) is 8.41. The van der Waals surface area contributed by atoms with Gasteiger partial charge in [-0.2, -0.15) is 0 Å². The molecule has 0 aromatic heterocycles. The molecule has 154 valence electrons. The largest absolute Gasteiger partial charge is 0.462 e. The van der Waals surface area contributed by atoms with Crippen molar-refractivity contribution < 1.29 is 23.9 Å². The number of allylic oxidation sites excluding steroid dienone is 1. The Hall–Kier alpha value is -1.65. The minimum absolute atomic E-state index is 0.0855. The van der Waals surface area contributed by atoms with Crippen molar-refractivity contribution in [1.82, 2.24) is 0 Å². The molecule has 4 aliphatic carbocycles. The fourth-order valence-corrected chi connectivity index (χ4v) is 7.32. The summed E-state index contributed by atoms with van der Waals surface area (Å²) in [7, 11) is 0. The molecule has 0 bridgehead atoms. The second-order valence-corrected chi connectivity index (χ2v) is 9.92. The van der Waals surface area contributed by atoms with Gasteiger partial charge in [0.1, 0.15) is 12.2 Å². The minimum Gasteiger partial charge on any atom is -0.462 e. The highest BCUT2D eigenvalue weighted by Crippen LogP contribution is 2.66. The van der Waals surface area contributed by atoms with Gasteiger partial charge in [-0.05, 0) is 61.9 Å². The second kappa shape index (κ2) is 6.70. The summed E-state index contributed by atoms with van der Waals surface area (Å²) in [6, 6.07) is 0. The summed E-state index contributed by atoms with van der Waals surface area (Å²) in [5, 5.41) is 0. The molecule has 0 radical (unpaired) electrons. The molecule has 3 fully saturated rings. The van der Waals surface area contributed by atoms with Gasteiger partial charge in [-0.25, -0.2) is 0 Å². The third kappa shape index (κ3) is 2.93. The summed E-state index contributed by atoms with van der Waals surface area (Å²) < 4.78 is 11.7. The first-order chi connectivity index (χ1) is 13.1. The van der Waals surface area contributed by atoms with Crippen LogP contribution < -0.4 is 0 Å². The van der Waals surface area contributed by atoms with Gasteiger partial charge in [-0.15, -0.1) is 0 Å². The topological polar surface area (TPSA) is 69.7 Å². The maximum Gasteiger partial charge on any atom is 0.302 e. The first-order valence-corrected chi connectivity index (χ1v) is 10.7. The zero-order valence-corrected chi connectivity index (χ0v) is 17.5. The molecule has 0 unspecified atom stereocenters. The van der Waals surface area contributed by atoms with Gasteiger partial charge in [0.25, 0.3) is 0 Å². The van der Waals surface area contributed by atoms with Crippen LogP contribution in [-0.4, -0.2) is 29.9 Å². The summed E-state index contributed by atoms with van der Waals surface area (Å²) >= 11 is 0. The van der Waals surface area contributed by atoms with Crippen LogP contribution in [0.3, 0.4) is 0 Å². The summed E-state index contributed by atoms with van der Waals surface area (Å²) in [6.45, 7) is 7.46. The molecule has 0 aromatic carbocycles. The molecule has 7 atom stereocenters. The molecule has 0 aliphatic heterocycles. The van der Waals surface area contributed by atoms with Crippen molar-refractivity contribution in [3.63, 3.8) is 0 Å². The van der Waals surface area contributed by atoms with E-state index in [2.05, 4.69) is 13.8 Å². The minimum atomic E-state index is -0.251. The monoisotopic (exact) mass is 388 g/mol. The molecular weight excluding hydrogens is 356 g/mol. The van der Waals surface area contributed by atoms with E-state index in [0.29, 0.717) is 18.3 Å². The maximum atomic E-state index is 12.0. The summed E-state index contributed by atoms with van der Waals surface area (Å²) in [5.74, 6) is 0.873. The second-order valence-electron chi connectivity index (χ2n) is 9.92. The molecule has 0 amide bonds. The highest BCUT2D eigenvalue weighted by atomic mass is 16.6. The third-order valence-corrected chi connectivity index (χ3v) is 8.41. The molecule has 0 spiro atoms. The molecule has 0 aromatic rings. The van der Waals surface area contributed by atoms with Crippen LogP contribution in [0.15, 0.2) is 11.6 Å². The van der Waals surface area contributed by atoms with E-state index in [9.17, 15) is 14.4 Å². The predicted molar refractivity (Wildman–Crippen MR) is 103 cm³/mol. The highest BCUT2D eigenvalue weighted by molar-refractivity contribution is 5.91. The molecule has 28 heavy (non-hydrogen) atoms. The zero-order valence-electron chi connectivity index (χ0n) is 17.5. The Labute approximate surface area is 167 Å². The van der Waals surface area contributed by atoms with Crippen molar-refractivity contribution in [3.05, 3.63) is 11.6 Å². The van der Waals surface area contributed by atoms with Crippen LogP contribution in [0, 0.1) is 28.6 Å². The fourth-order valence-electron chi connectivity index (χ4n) is 7.32. The number of hydrogen-bond acceptors (Lipinski definition) is 5. The smallest absolute Gasteiger partial charge is 0.302 e. The van der Waals surface area contributed by atoms with Crippen LogP contribution >= 0.6 is 0 Å². The van der Waals surface area contributed by atoms with E-state index in [1.807, 2.05) is 6.08 Å². The molecule has 0 heterocycles. The van der Waals surface area contributed by atoms with Crippen LogP contribution in [-0.2, 0) is 23.9 Å². The first-order valence-electron chi connectivity index (χ1n) is 10.7. The number of hydrogen-bond donors (Lipinski definition) is 0. The van der Waals surface area contributed by atoms with Gasteiger partial charge < -0.3 is 9.47 Å². The van der Waals surface area contributed by atoms with Gasteiger partial charge in [0.15, 0.2) is 5.78 Å². The maximum absolute atomic E-state index is 12.0. The van der Waals surface area contributed by atoms with Gasteiger partial charge in [-0.1, -0.05) is 19.4 Å². The number of esters is 2. The molecule has 0 saturated heterocycles. The van der Waals surface area contributed by atoms with Gasteiger partial charge in [-0.3, -0.25) is 14.4 Å². The van der Waals surface area contributed by atoms with Gasteiger partial charge >= 0.3 is 11.9 Å². The van der Waals surface area contributed by atoms with Crippen molar-refractivity contribution in [1.29, 1.82) is 0 Å². The molecular formula is C23H32O5. The number of rotatable bonds is 2. The lowest BCUT2D eigenvalue weighted by atomic mass is 9.46. The first kappa shape index (κ1) is 19.7. The van der Waals surface area contributed by atoms with Crippen LogP contribution in [0.1, 0.15) is 72.6 Å². The normalized spacial score (nSPS) is 44.6. The lowest BCUT2D eigenvalue weighted by Gasteiger charge is -2.59. The van der Waals surface area contributed by atoms with Crippen molar-refractivity contribution in [2.45, 2.75) is 84.8 Å². The standard InChI is InChI=1S/C23H32O5/c1-13(24)27-19-12-23(4)18(7-8-20(23)28-14(2)25)17-6-5-15-11-16(26)9-10-22(15,3)21(17)19/h11,17-21H,5-10,12H2,1-4H3/t17-,18-,19-,20+,21+,22-,23-/m0/s1. The predicted octanol–water partition coefficient (Wildman–Crippen LogP) is 3.99. The van der Waals surface area contributed by atoms with E-state index < -0.39 is 0 Å². The Morgan fingerprint density at radius 2 is 1.75 bits per heavy atom. The molecule has 4 aliphatic rings. The average Bonchev–Trinajstić information content (AvgIpc) is 2.90. The summed E-state index contributed by atoms with van der Waals surface area (Å²) in [5.41, 5.74) is 1.01. The van der Waals surface area contributed by atoms with Crippen molar-refractivity contribution in [3.8, 4) is 0 Å². The van der Waals surface area contributed by atoms with Gasteiger partial charge in [0.05, 0.1) is 0 Å². The molecule has 3 saturated carbocycles. The van der Waals surface area contributed by atoms with Crippen LogP contribution in [0.5, 0.6) is 0 Å². The SMILES string of the molecule is CC(=O)O[C@H]1C[C@]2(C)[C@H](OC(C)=O)CC[C@H]2[C@@H]2CCC3=CC(=O)CC[C@]3(C)[C@H]21. The van der Waals surface area contributed by atoms with Crippen molar-refractivity contribution in [2.24, 2.45) is 28.6 Å².